The molecule has 8 bridgehead atoms. The number of hydrogen-bond acceptors (Lipinski definition) is 1. The number of rotatable bonds is 7. The van der Waals surface area contributed by atoms with Crippen molar-refractivity contribution < 1.29 is 0 Å². The molecule has 0 spiro atoms. The molecule has 65 heavy (non-hydrogen) atoms. The van der Waals surface area contributed by atoms with Gasteiger partial charge < -0.3 is 4.90 Å². The highest BCUT2D eigenvalue weighted by atomic mass is 15.2. The SMILES string of the molecule is CC1C(B(c2ccc3c(c2)N(c2ccccc2)c2cccc4c(B(C5CC6CC(C5C)C6(C)C)C5CC6CC(C5C)C6(C)C)ccc-3c24)C2CC3CC(C2C)C3(C)C)CC2CC1C2(C)C. The number of anilines is 3. The van der Waals surface area contributed by atoms with Gasteiger partial charge in [0.25, 0.3) is 0 Å². The molecule has 4 aromatic carbocycles. The van der Waals surface area contributed by atoms with Crippen LogP contribution in [0, 0.1) is 92.7 Å². The molecule has 12 saturated carbocycles. The van der Waals surface area contributed by atoms with Gasteiger partial charge in [-0.15, -0.1) is 0 Å². The third kappa shape index (κ3) is 5.49. The summed E-state index contributed by atoms with van der Waals surface area (Å²) in [7, 11) is 0. The summed E-state index contributed by atoms with van der Waals surface area (Å²) in [4.78, 5) is 2.72. The van der Waals surface area contributed by atoms with Gasteiger partial charge in [0.1, 0.15) is 0 Å². The highest BCUT2D eigenvalue weighted by Gasteiger charge is 2.65. The van der Waals surface area contributed by atoms with Gasteiger partial charge in [0, 0.05) is 16.6 Å². The van der Waals surface area contributed by atoms with E-state index in [0.29, 0.717) is 35.1 Å². The zero-order chi connectivity index (χ0) is 45.0. The molecule has 0 saturated heterocycles. The van der Waals surface area contributed by atoms with E-state index in [2.05, 4.69) is 167 Å². The van der Waals surface area contributed by atoms with Crippen LogP contribution >= 0.6 is 0 Å². The summed E-state index contributed by atoms with van der Waals surface area (Å²) in [5.74, 6) is 13.1. The van der Waals surface area contributed by atoms with Crippen LogP contribution in [0.3, 0.4) is 0 Å². The highest BCUT2D eigenvalue weighted by molar-refractivity contribution is 6.78. The quantitative estimate of drug-likeness (QED) is 0.147. The summed E-state index contributed by atoms with van der Waals surface area (Å²) in [6, 6.07) is 32.4. The number of fused-ring (bicyclic) bond motifs is 10. The van der Waals surface area contributed by atoms with Crippen molar-refractivity contribution in [2.75, 3.05) is 4.90 Å². The number of para-hydroxylation sites is 1. The van der Waals surface area contributed by atoms with Crippen molar-refractivity contribution >= 4 is 52.2 Å². The first kappa shape index (κ1) is 42.2. The van der Waals surface area contributed by atoms with Crippen molar-refractivity contribution in [1.29, 1.82) is 0 Å². The van der Waals surface area contributed by atoms with E-state index in [9.17, 15) is 0 Å². The maximum Gasteiger partial charge on any atom is 0.183 e. The second-order valence-electron chi connectivity index (χ2n) is 27.9. The molecule has 0 radical (unpaired) electrons. The Balaban J connectivity index is 0.966. The van der Waals surface area contributed by atoms with Crippen LogP contribution in [0.2, 0.25) is 23.3 Å². The van der Waals surface area contributed by atoms with Gasteiger partial charge in [-0.05, 0) is 154 Å². The Hall–Kier alpha value is -2.93. The number of hydrogen-bond donors (Lipinski definition) is 0. The molecule has 17 rings (SSSR count). The van der Waals surface area contributed by atoms with E-state index in [1.807, 2.05) is 0 Å². The lowest BCUT2D eigenvalue weighted by molar-refractivity contribution is -0.107. The summed E-state index contributed by atoms with van der Waals surface area (Å²) in [6.07, 6.45) is 11.5. The zero-order valence-corrected chi connectivity index (χ0v) is 42.5. The van der Waals surface area contributed by atoms with E-state index in [4.69, 9.17) is 0 Å². The van der Waals surface area contributed by atoms with Crippen molar-refractivity contribution in [1.82, 2.24) is 0 Å². The molecule has 340 valence electrons. The van der Waals surface area contributed by atoms with Crippen molar-refractivity contribution in [3.8, 4) is 11.1 Å². The molecule has 1 aliphatic heterocycles. The van der Waals surface area contributed by atoms with E-state index in [-0.39, 0.29) is 0 Å². The van der Waals surface area contributed by atoms with Crippen molar-refractivity contribution in [3.05, 3.63) is 78.9 Å². The van der Waals surface area contributed by atoms with Crippen LogP contribution in [0.15, 0.2) is 78.9 Å². The third-order valence-electron chi connectivity index (χ3n) is 25.1. The minimum Gasteiger partial charge on any atom is -0.309 e. The van der Waals surface area contributed by atoms with Crippen LogP contribution in [0.25, 0.3) is 21.9 Å². The van der Waals surface area contributed by atoms with Crippen LogP contribution in [0.4, 0.5) is 17.1 Å². The van der Waals surface area contributed by atoms with E-state index in [1.165, 1.54) is 84.9 Å². The fraction of sp³-hybridized carbons (Fsp3) is 0.645. The van der Waals surface area contributed by atoms with E-state index < -0.39 is 0 Å². The van der Waals surface area contributed by atoms with Gasteiger partial charge in [0.15, 0.2) is 13.4 Å². The standard InChI is InChI=1S/C62H81B2N/c1-34-47-25-38(59(47,5)6)29-52(34)63(53-30-39-26-48(35(53)2)60(39,7)8)42-21-22-44-45-23-24-51(46-19-16-20-56(58(45)46)65(57(44)33-42)43-17-14-13-15-18-43)64(54-31-40-27-49(36(54)3)61(40,9)10)55-32-41-28-50(37(55)4)62(41,11)12/h13-24,33-41,47-50,52-55H,25-32H2,1-12H3. The minimum absolute atomic E-state index is 0.498. The molecule has 16 atom stereocenters. The molecule has 0 N–H and O–H groups in total. The van der Waals surface area contributed by atoms with Crippen molar-refractivity contribution in [3.63, 3.8) is 0 Å². The third-order valence-corrected chi connectivity index (χ3v) is 25.1. The average Bonchev–Trinajstić information content (AvgIpc) is 3.28. The Bertz CT molecular complexity index is 2480. The van der Waals surface area contributed by atoms with Crippen molar-refractivity contribution in [2.24, 2.45) is 92.7 Å². The molecule has 4 aromatic rings. The fourth-order valence-corrected chi connectivity index (χ4v) is 20.5. The molecule has 12 aliphatic carbocycles. The summed E-state index contributed by atoms with van der Waals surface area (Å²) in [5, 5.41) is 3.05. The lowest BCUT2D eigenvalue weighted by Gasteiger charge is -2.66. The Kier molecular flexibility index (Phi) is 9.00. The number of benzene rings is 4. The normalized spacial score (nSPS) is 41.2. The first-order chi connectivity index (χ1) is 30.9. The van der Waals surface area contributed by atoms with E-state index in [0.717, 1.165) is 94.3 Å². The van der Waals surface area contributed by atoms with Gasteiger partial charge in [-0.3, -0.25) is 0 Å². The molecule has 1 heterocycles. The minimum atomic E-state index is 0.498. The molecule has 16 unspecified atom stereocenters. The van der Waals surface area contributed by atoms with Crippen LogP contribution in [0.1, 0.15) is 134 Å². The molecule has 3 heteroatoms. The highest BCUT2D eigenvalue weighted by Crippen LogP contribution is 2.72. The second kappa shape index (κ2) is 13.9. The van der Waals surface area contributed by atoms with E-state index in [1.54, 1.807) is 16.3 Å². The molecular formula is C62H81B2N. The van der Waals surface area contributed by atoms with Crippen LogP contribution < -0.4 is 15.8 Å². The maximum atomic E-state index is 2.76. The monoisotopic (exact) mass is 862 g/mol. The zero-order valence-electron chi connectivity index (χ0n) is 42.5. The van der Waals surface area contributed by atoms with Gasteiger partial charge in [-0.1, -0.05) is 198 Å². The summed E-state index contributed by atoms with van der Waals surface area (Å²) in [5.41, 5.74) is 12.3. The fourth-order valence-electron chi connectivity index (χ4n) is 20.5. The summed E-state index contributed by atoms with van der Waals surface area (Å²) in [6.45, 7) is 32.8. The van der Waals surface area contributed by atoms with Gasteiger partial charge in [-0.25, -0.2) is 0 Å². The van der Waals surface area contributed by atoms with E-state index >= 15 is 0 Å². The van der Waals surface area contributed by atoms with Gasteiger partial charge in [-0.2, -0.15) is 0 Å². The van der Waals surface area contributed by atoms with Gasteiger partial charge in [0.05, 0.1) is 11.4 Å². The Morgan fingerprint density at radius 2 is 0.877 bits per heavy atom. The molecule has 0 aromatic heterocycles. The molecular weight excluding hydrogens is 780 g/mol. The van der Waals surface area contributed by atoms with Crippen LogP contribution in [-0.2, 0) is 0 Å². The molecule has 1 nitrogen and oxygen atoms in total. The first-order valence-electron chi connectivity index (χ1n) is 27.5. The summed E-state index contributed by atoms with van der Waals surface area (Å²) >= 11 is 0. The average molecular weight is 862 g/mol. The second-order valence-corrected chi connectivity index (χ2v) is 27.9. The molecule has 13 aliphatic rings. The first-order valence-corrected chi connectivity index (χ1v) is 27.5. The lowest BCUT2D eigenvalue weighted by Crippen LogP contribution is -2.62. The van der Waals surface area contributed by atoms with Gasteiger partial charge in [0.2, 0.25) is 0 Å². The number of nitrogens with zero attached hydrogens (tertiary/aromatic N) is 1. The Labute approximate surface area is 395 Å². The smallest absolute Gasteiger partial charge is 0.183 e. The van der Waals surface area contributed by atoms with Crippen molar-refractivity contribution in [2.45, 2.75) is 158 Å². The molecule has 12 fully saturated rings. The molecule has 0 amide bonds. The lowest BCUT2D eigenvalue weighted by atomic mass is 9.19. The predicted molar refractivity (Wildman–Crippen MR) is 280 cm³/mol. The summed E-state index contributed by atoms with van der Waals surface area (Å²) < 4.78 is 0. The predicted octanol–water partition coefficient (Wildman–Crippen LogP) is 16.0. The Morgan fingerprint density at radius 1 is 0.431 bits per heavy atom. The maximum absolute atomic E-state index is 2.76. The van der Waals surface area contributed by atoms with Gasteiger partial charge >= 0.3 is 0 Å². The van der Waals surface area contributed by atoms with Crippen LogP contribution in [0.5, 0.6) is 0 Å². The Morgan fingerprint density at radius 3 is 1.32 bits per heavy atom. The van der Waals surface area contributed by atoms with Crippen LogP contribution in [-0.4, -0.2) is 13.4 Å². The topological polar surface area (TPSA) is 3.24 Å². The largest absolute Gasteiger partial charge is 0.309 e.